The molecule has 36 heavy (non-hydrogen) atoms. The van der Waals surface area contributed by atoms with Crippen molar-refractivity contribution in [1.82, 2.24) is 24.9 Å². The molecule has 3 heterocycles. The van der Waals surface area contributed by atoms with Gasteiger partial charge in [-0.2, -0.15) is 10.2 Å². The number of fused-ring (bicyclic) bond motifs is 1. The van der Waals surface area contributed by atoms with Gasteiger partial charge in [-0.15, -0.1) is 0 Å². The maximum atomic E-state index is 12.8. The number of amides is 1. The summed E-state index contributed by atoms with van der Waals surface area (Å²) in [4.78, 5) is 26.8. The normalized spacial score (nSPS) is 18.4. The van der Waals surface area contributed by atoms with Crippen LogP contribution in [-0.4, -0.2) is 50.0 Å². The number of nitrogens with zero attached hydrogens (tertiary/aromatic N) is 4. The number of carbonyl (C=O) groups is 1. The van der Waals surface area contributed by atoms with Crippen LogP contribution in [0.1, 0.15) is 64.8 Å². The number of anilines is 1. The number of rotatable bonds is 5. The smallest absolute Gasteiger partial charge is 0.290 e. The fourth-order valence-corrected chi connectivity index (χ4v) is 5.13. The lowest BCUT2D eigenvalue weighted by Crippen LogP contribution is -2.40. The number of H-pyrrole nitrogens is 1. The molecule has 9 nitrogen and oxygen atoms in total. The van der Waals surface area contributed by atoms with Gasteiger partial charge in [0.05, 0.1) is 17.5 Å². The van der Waals surface area contributed by atoms with Crippen molar-refractivity contribution in [2.24, 2.45) is 0 Å². The van der Waals surface area contributed by atoms with E-state index in [1.54, 1.807) is 9.58 Å². The Hall–Kier alpha value is -3.62. The van der Waals surface area contributed by atoms with Crippen molar-refractivity contribution in [3.05, 3.63) is 47.3 Å². The number of nitrogens with one attached hydrogen (secondary N) is 1. The second kappa shape index (κ2) is 11.4. The van der Waals surface area contributed by atoms with Crippen LogP contribution < -0.4 is 16.0 Å². The molecule has 0 radical (unpaired) electrons. The molecule has 2 aliphatic rings. The average Bonchev–Trinajstić information content (AvgIpc) is 3.35. The van der Waals surface area contributed by atoms with Gasteiger partial charge >= 0.3 is 0 Å². The van der Waals surface area contributed by atoms with E-state index >= 15 is 0 Å². The van der Waals surface area contributed by atoms with Crippen LogP contribution >= 0.6 is 0 Å². The number of hydrogen-bond acceptors (Lipinski definition) is 6. The van der Waals surface area contributed by atoms with E-state index in [0.29, 0.717) is 29.7 Å². The van der Waals surface area contributed by atoms with Crippen molar-refractivity contribution in [3.63, 3.8) is 0 Å². The van der Waals surface area contributed by atoms with Gasteiger partial charge in [0.15, 0.2) is 5.82 Å². The summed E-state index contributed by atoms with van der Waals surface area (Å²) in [7, 11) is 0. The van der Waals surface area contributed by atoms with Gasteiger partial charge in [0.1, 0.15) is 17.0 Å². The lowest BCUT2D eigenvalue weighted by molar-refractivity contribution is -0.127. The summed E-state index contributed by atoms with van der Waals surface area (Å²) in [5.74, 6) is 0.924. The summed E-state index contributed by atoms with van der Waals surface area (Å²) in [5, 5.41) is 11.8. The molecule has 1 saturated heterocycles. The van der Waals surface area contributed by atoms with Gasteiger partial charge in [-0.05, 0) is 68.9 Å². The standard InChI is InChI=1S/C25H30N6O3.C2H6/c1-2-20(32)30-14-6-7-17(15-30)31-23-21(24(26)27-28-25(23)33)22(29-31)16-10-12-19(13-11-16)34-18-8-4-3-5-9-18;1-2/h2,10-13,17-18H,1,3-9,14-15H2,(H2,26,27)(H,28,33);1-2H3. The predicted octanol–water partition coefficient (Wildman–Crippen LogP) is 4.46. The molecule has 1 saturated carbocycles. The van der Waals surface area contributed by atoms with Gasteiger partial charge in [0.2, 0.25) is 5.91 Å². The van der Waals surface area contributed by atoms with Crippen molar-refractivity contribution < 1.29 is 9.53 Å². The number of piperidine rings is 1. The van der Waals surface area contributed by atoms with Crippen molar-refractivity contribution >= 4 is 22.6 Å². The third-order valence-corrected chi connectivity index (χ3v) is 6.87. The molecule has 192 valence electrons. The van der Waals surface area contributed by atoms with Gasteiger partial charge in [0.25, 0.3) is 5.56 Å². The second-order valence-corrected chi connectivity index (χ2v) is 9.14. The molecule has 0 spiro atoms. The second-order valence-electron chi connectivity index (χ2n) is 9.14. The van der Waals surface area contributed by atoms with E-state index in [0.717, 1.165) is 37.0 Å². The van der Waals surface area contributed by atoms with Crippen LogP contribution in [0.2, 0.25) is 0 Å². The number of carbonyl (C=O) groups excluding carboxylic acids is 1. The lowest BCUT2D eigenvalue weighted by atomic mass is 9.98. The van der Waals surface area contributed by atoms with Crippen molar-refractivity contribution in [3.8, 4) is 17.0 Å². The fourth-order valence-electron chi connectivity index (χ4n) is 5.13. The SMILES string of the molecule is C=CC(=O)N1CCCC(n2nc(-c3ccc(OC4CCCCC4)cc3)c3c(N)n[nH]c(=O)c32)C1.CC. The minimum absolute atomic E-state index is 0.120. The minimum Gasteiger partial charge on any atom is -0.490 e. The van der Waals surface area contributed by atoms with Gasteiger partial charge in [-0.1, -0.05) is 26.8 Å². The Kier molecular flexibility index (Phi) is 8.07. The highest BCUT2D eigenvalue weighted by molar-refractivity contribution is 5.99. The Morgan fingerprint density at radius 1 is 1.14 bits per heavy atom. The Morgan fingerprint density at radius 2 is 1.86 bits per heavy atom. The predicted molar refractivity (Wildman–Crippen MR) is 142 cm³/mol. The summed E-state index contributed by atoms with van der Waals surface area (Å²) in [6.45, 7) is 8.71. The molecule has 1 aliphatic heterocycles. The number of aromatic nitrogens is 4. The van der Waals surface area contributed by atoms with Crippen LogP contribution in [0.5, 0.6) is 5.75 Å². The molecular weight excluding hydrogens is 456 g/mol. The van der Waals surface area contributed by atoms with E-state index in [2.05, 4.69) is 16.8 Å². The van der Waals surface area contributed by atoms with E-state index < -0.39 is 0 Å². The zero-order valence-corrected chi connectivity index (χ0v) is 21.2. The van der Waals surface area contributed by atoms with Crippen LogP contribution in [0.4, 0.5) is 5.82 Å². The van der Waals surface area contributed by atoms with E-state index in [-0.39, 0.29) is 29.4 Å². The first-order chi connectivity index (χ1) is 17.5. The summed E-state index contributed by atoms with van der Waals surface area (Å²) in [6.07, 6.45) is 9.09. The molecule has 2 aromatic heterocycles. The molecule has 1 unspecified atom stereocenters. The van der Waals surface area contributed by atoms with Gasteiger partial charge < -0.3 is 15.4 Å². The summed E-state index contributed by atoms with van der Waals surface area (Å²) in [6, 6.07) is 7.62. The Bertz CT molecular complexity index is 1260. The molecule has 3 aromatic rings. The molecule has 1 aromatic carbocycles. The molecule has 2 fully saturated rings. The number of nitrogens with two attached hydrogens (primary N) is 1. The number of likely N-dealkylation sites (tertiary alicyclic amines) is 1. The highest BCUT2D eigenvalue weighted by atomic mass is 16.5. The third kappa shape index (κ3) is 5.15. The quantitative estimate of drug-likeness (QED) is 0.508. The number of benzene rings is 1. The Labute approximate surface area is 211 Å². The Balaban J connectivity index is 0.00000148. The minimum atomic E-state index is -0.354. The Morgan fingerprint density at radius 3 is 2.56 bits per heavy atom. The first-order valence-corrected chi connectivity index (χ1v) is 13.0. The van der Waals surface area contributed by atoms with Gasteiger partial charge in [0, 0.05) is 18.7 Å². The molecule has 1 amide bonds. The molecule has 9 heteroatoms. The first-order valence-electron chi connectivity index (χ1n) is 13.0. The van der Waals surface area contributed by atoms with Gasteiger partial charge in [-0.3, -0.25) is 14.3 Å². The van der Waals surface area contributed by atoms with E-state index in [9.17, 15) is 9.59 Å². The van der Waals surface area contributed by atoms with Crippen molar-refractivity contribution in [2.75, 3.05) is 18.8 Å². The molecule has 5 rings (SSSR count). The summed E-state index contributed by atoms with van der Waals surface area (Å²) in [5.41, 5.74) is 7.67. The van der Waals surface area contributed by atoms with Crippen molar-refractivity contribution in [2.45, 2.75) is 70.9 Å². The highest BCUT2D eigenvalue weighted by Gasteiger charge is 2.28. The van der Waals surface area contributed by atoms with E-state index in [1.807, 2.05) is 38.1 Å². The van der Waals surface area contributed by atoms with Crippen molar-refractivity contribution in [1.29, 1.82) is 0 Å². The maximum absolute atomic E-state index is 12.8. The van der Waals surface area contributed by atoms with Crippen LogP contribution in [0.3, 0.4) is 0 Å². The monoisotopic (exact) mass is 492 g/mol. The van der Waals surface area contributed by atoms with Crippen LogP contribution in [0, 0.1) is 0 Å². The van der Waals surface area contributed by atoms with E-state index in [1.165, 1.54) is 25.3 Å². The lowest BCUT2D eigenvalue weighted by Gasteiger charge is -2.32. The number of hydrogen-bond donors (Lipinski definition) is 2. The number of nitrogen functional groups attached to an aromatic ring is 1. The average molecular weight is 493 g/mol. The highest BCUT2D eigenvalue weighted by Crippen LogP contribution is 2.34. The van der Waals surface area contributed by atoms with Crippen LogP contribution in [0.25, 0.3) is 22.2 Å². The molecular formula is C27H36N6O3. The molecule has 1 atom stereocenters. The topological polar surface area (TPSA) is 119 Å². The molecule has 0 bridgehead atoms. The van der Waals surface area contributed by atoms with Crippen LogP contribution in [-0.2, 0) is 4.79 Å². The largest absolute Gasteiger partial charge is 0.490 e. The number of aromatic amines is 1. The third-order valence-electron chi connectivity index (χ3n) is 6.87. The first kappa shape index (κ1) is 25.5. The zero-order valence-electron chi connectivity index (χ0n) is 21.2. The zero-order chi connectivity index (χ0) is 25.7. The van der Waals surface area contributed by atoms with Crippen LogP contribution in [0.15, 0.2) is 41.7 Å². The number of ether oxygens (including phenoxy) is 1. The molecule has 1 aliphatic carbocycles. The van der Waals surface area contributed by atoms with Gasteiger partial charge in [-0.25, -0.2) is 5.10 Å². The summed E-state index contributed by atoms with van der Waals surface area (Å²) < 4.78 is 7.88. The maximum Gasteiger partial charge on any atom is 0.290 e. The van der Waals surface area contributed by atoms with E-state index in [4.69, 9.17) is 15.6 Å². The summed E-state index contributed by atoms with van der Waals surface area (Å²) >= 11 is 0. The fraction of sp³-hybridized carbons (Fsp3) is 0.481. The molecule has 3 N–H and O–H groups in total.